The fraction of sp³-hybridized carbons (Fsp3) is 0. The number of rotatable bonds is 6. The molecular weight excluding hydrogens is 750 g/mol. The van der Waals surface area contributed by atoms with E-state index in [-0.39, 0.29) is 32.5 Å². The summed E-state index contributed by atoms with van der Waals surface area (Å²) >= 11 is 0. The molecule has 0 atom stereocenters. The van der Waals surface area contributed by atoms with Crippen molar-refractivity contribution in [1.82, 2.24) is 0 Å². The molecule has 6 aromatic rings. The Morgan fingerprint density at radius 2 is 0.405 bits per heavy atom. The Labute approximate surface area is 272 Å². The van der Waals surface area contributed by atoms with Crippen molar-refractivity contribution in [3.05, 3.63) is 182 Å². The Morgan fingerprint density at radius 1 is 0.286 bits per heavy atom. The summed E-state index contributed by atoms with van der Waals surface area (Å²) in [4.78, 5) is 8.00. The van der Waals surface area contributed by atoms with Crippen LogP contribution >= 0.6 is 15.8 Å². The Bertz CT molecular complexity index is 1200. The van der Waals surface area contributed by atoms with Crippen LogP contribution in [-0.2, 0) is 24.9 Å². The first-order chi connectivity index (χ1) is 19.9. The quantitative estimate of drug-likeness (QED) is 0.236. The number of hydrogen-bond donors (Lipinski definition) is 0. The van der Waals surface area contributed by atoms with Crippen LogP contribution in [0.15, 0.2) is 182 Å². The fourth-order valence-corrected chi connectivity index (χ4v) is 8.97. The van der Waals surface area contributed by atoms with E-state index in [1.807, 2.05) is 6.79 Å². The van der Waals surface area contributed by atoms with Crippen LogP contribution < -0.4 is 44.2 Å². The van der Waals surface area contributed by atoms with Gasteiger partial charge < -0.3 is 17.2 Å². The van der Waals surface area contributed by atoms with Crippen molar-refractivity contribution in [3.8, 4) is 0 Å². The first-order valence-corrected chi connectivity index (χ1v) is 15.8. The molecule has 6 rings (SSSR count). The second-order valence-electron chi connectivity index (χ2n) is 8.68. The molecular formula is C37H32ClIrOP2. The van der Waals surface area contributed by atoms with Gasteiger partial charge in [-0.3, -0.25) is 0 Å². The van der Waals surface area contributed by atoms with Gasteiger partial charge in [-0.15, -0.1) is 0 Å². The van der Waals surface area contributed by atoms with Gasteiger partial charge in [-0.05, 0) is 47.7 Å². The van der Waals surface area contributed by atoms with Gasteiger partial charge >= 0.3 is 20.1 Å². The van der Waals surface area contributed by atoms with Crippen molar-refractivity contribution in [2.45, 2.75) is 0 Å². The van der Waals surface area contributed by atoms with Gasteiger partial charge in [0.15, 0.2) is 0 Å². The SMILES string of the molecule is C=O.[Cl-].[Ir+].c1ccc(P(c2ccccc2)c2ccccc2)cc1.c1ccc(P(c2ccccc2)c2ccccc2)cc1. The molecule has 0 amide bonds. The Hall–Kier alpha value is -3.21. The molecule has 0 aliphatic rings. The molecule has 5 heteroatoms. The molecule has 0 unspecified atom stereocenters. The van der Waals surface area contributed by atoms with E-state index in [0.29, 0.717) is 0 Å². The van der Waals surface area contributed by atoms with Gasteiger partial charge in [0.25, 0.3) is 0 Å². The van der Waals surface area contributed by atoms with Crippen molar-refractivity contribution < 1.29 is 37.3 Å². The molecule has 0 aliphatic heterocycles. The second kappa shape index (κ2) is 19.8. The second-order valence-corrected chi connectivity index (χ2v) is 13.1. The minimum Gasteiger partial charge on any atom is -1.00 e. The van der Waals surface area contributed by atoms with Crippen LogP contribution in [-0.4, -0.2) is 6.79 Å². The van der Waals surface area contributed by atoms with Crippen LogP contribution in [0.5, 0.6) is 0 Å². The van der Waals surface area contributed by atoms with Gasteiger partial charge in [-0.1, -0.05) is 182 Å². The molecule has 0 heterocycles. The molecule has 0 aliphatic carbocycles. The summed E-state index contributed by atoms with van der Waals surface area (Å²) < 4.78 is 0. The average Bonchev–Trinajstić information content (AvgIpc) is 3.06. The van der Waals surface area contributed by atoms with E-state index in [4.69, 9.17) is 4.79 Å². The summed E-state index contributed by atoms with van der Waals surface area (Å²) in [6, 6.07) is 64.7. The van der Waals surface area contributed by atoms with E-state index in [2.05, 4.69) is 182 Å². The van der Waals surface area contributed by atoms with E-state index in [0.717, 1.165) is 0 Å². The van der Waals surface area contributed by atoms with Gasteiger partial charge in [0.05, 0.1) is 0 Å². The molecule has 0 saturated carbocycles. The van der Waals surface area contributed by atoms with Crippen molar-refractivity contribution in [2.24, 2.45) is 0 Å². The zero-order valence-corrected chi connectivity index (χ0v) is 28.0. The third-order valence-corrected chi connectivity index (χ3v) is 11.0. The predicted molar refractivity (Wildman–Crippen MR) is 177 cm³/mol. The third-order valence-electron chi connectivity index (χ3n) is 6.09. The summed E-state index contributed by atoms with van der Waals surface area (Å²) in [5.41, 5.74) is 0. The van der Waals surface area contributed by atoms with E-state index in [1.54, 1.807) is 0 Å². The summed E-state index contributed by atoms with van der Waals surface area (Å²) in [5.74, 6) is 0. The molecule has 6 aromatic carbocycles. The maximum atomic E-state index is 8.00. The van der Waals surface area contributed by atoms with E-state index in [1.165, 1.54) is 31.8 Å². The number of hydrogen-bond acceptors (Lipinski definition) is 1. The standard InChI is InChI=1S/2C18H15P.CH2O.ClH.Ir/c2*1-4-10-16(11-5-1)19(17-12-6-2-7-13-17)18-14-8-3-9-15-18;1-2;;/h2*1-15H;1H2;1H;/q;;;;+1/p-1. The summed E-state index contributed by atoms with van der Waals surface area (Å²) in [7, 11) is -0.892. The topological polar surface area (TPSA) is 17.1 Å². The van der Waals surface area contributed by atoms with Crippen molar-refractivity contribution in [3.63, 3.8) is 0 Å². The number of halogens is 1. The molecule has 0 saturated heterocycles. The van der Waals surface area contributed by atoms with Crippen LogP contribution in [0, 0.1) is 0 Å². The minimum atomic E-state index is -0.446. The normalized spacial score (nSPS) is 9.67. The van der Waals surface area contributed by atoms with Crippen LogP contribution in [0.25, 0.3) is 0 Å². The molecule has 1 nitrogen and oxygen atoms in total. The molecule has 0 fully saturated rings. The van der Waals surface area contributed by atoms with Gasteiger partial charge in [0.2, 0.25) is 0 Å². The predicted octanol–water partition coefficient (Wildman–Crippen LogP) is 3.71. The van der Waals surface area contributed by atoms with Crippen LogP contribution in [0.1, 0.15) is 0 Å². The zero-order chi connectivity index (χ0) is 27.8. The van der Waals surface area contributed by atoms with Crippen LogP contribution in [0.4, 0.5) is 0 Å². The van der Waals surface area contributed by atoms with Crippen LogP contribution in [0.2, 0.25) is 0 Å². The summed E-state index contributed by atoms with van der Waals surface area (Å²) in [6.45, 7) is 2.00. The Kier molecular flexibility index (Phi) is 16.5. The largest absolute Gasteiger partial charge is 1.00 e. The van der Waals surface area contributed by atoms with Crippen molar-refractivity contribution in [2.75, 3.05) is 0 Å². The van der Waals surface area contributed by atoms with Gasteiger partial charge in [0, 0.05) is 0 Å². The minimum absolute atomic E-state index is 0. The van der Waals surface area contributed by atoms with E-state index >= 15 is 0 Å². The average molecular weight is 782 g/mol. The molecule has 0 aromatic heterocycles. The first kappa shape index (κ1) is 35.0. The fourth-order valence-electron chi connectivity index (χ4n) is 4.36. The number of carbonyl (C=O) groups is 1. The number of benzene rings is 6. The van der Waals surface area contributed by atoms with Gasteiger partial charge in [-0.2, -0.15) is 0 Å². The first-order valence-electron chi connectivity index (χ1n) is 13.1. The maximum absolute atomic E-state index is 8.00. The zero-order valence-electron chi connectivity index (χ0n) is 23.0. The Balaban J connectivity index is 0.000000265. The van der Waals surface area contributed by atoms with E-state index < -0.39 is 15.8 Å². The van der Waals surface area contributed by atoms with Crippen molar-refractivity contribution >= 4 is 54.5 Å². The van der Waals surface area contributed by atoms with Gasteiger partial charge in [0.1, 0.15) is 6.79 Å². The van der Waals surface area contributed by atoms with E-state index in [9.17, 15) is 0 Å². The molecule has 212 valence electrons. The smallest absolute Gasteiger partial charge is 1.00 e. The third kappa shape index (κ3) is 9.96. The summed E-state index contributed by atoms with van der Waals surface area (Å²) in [6.07, 6.45) is 0. The Morgan fingerprint density at radius 3 is 0.524 bits per heavy atom. The molecule has 0 N–H and O–H groups in total. The molecule has 42 heavy (non-hydrogen) atoms. The summed E-state index contributed by atoms with van der Waals surface area (Å²) in [5, 5.41) is 8.39. The van der Waals surface area contributed by atoms with Crippen LogP contribution in [0.3, 0.4) is 0 Å². The van der Waals surface area contributed by atoms with Gasteiger partial charge in [-0.25, -0.2) is 0 Å². The monoisotopic (exact) mass is 782 g/mol. The number of carbonyl (C=O) groups excluding carboxylic acids is 1. The molecule has 0 radical (unpaired) electrons. The maximum Gasteiger partial charge on any atom is 1.00 e. The molecule has 0 bridgehead atoms. The molecule has 0 spiro atoms. The van der Waals surface area contributed by atoms with Crippen molar-refractivity contribution in [1.29, 1.82) is 0 Å².